The molecule has 0 fully saturated rings. The zero-order chi connectivity index (χ0) is 70.8. The van der Waals surface area contributed by atoms with Crippen LogP contribution in [0.5, 0.6) is 0 Å². The average molecular weight is 1360 g/mol. The number of fused-ring (bicyclic) bond motifs is 12. The number of rotatable bonds is 11. The van der Waals surface area contributed by atoms with Crippen molar-refractivity contribution in [1.29, 1.82) is 5.26 Å². The molecule has 0 bridgehead atoms. The summed E-state index contributed by atoms with van der Waals surface area (Å²) >= 11 is 0. The second-order valence-corrected chi connectivity index (χ2v) is 28.1. The van der Waals surface area contributed by atoms with E-state index in [1.165, 1.54) is 43.8 Å². The third-order valence-corrected chi connectivity index (χ3v) is 21.5. The van der Waals surface area contributed by atoms with E-state index in [2.05, 4.69) is 343 Å². The van der Waals surface area contributed by atoms with Crippen molar-refractivity contribution in [3.63, 3.8) is 0 Å². The molecule has 0 unspecified atom stereocenters. The summed E-state index contributed by atoms with van der Waals surface area (Å²) in [5, 5.41) is 22.3. The maximum absolute atomic E-state index is 13.3. The van der Waals surface area contributed by atoms with Crippen molar-refractivity contribution in [2.24, 2.45) is 0 Å². The van der Waals surface area contributed by atoms with E-state index in [0.717, 1.165) is 138 Å². The first-order chi connectivity index (χ1) is 52.2. The Hall–Kier alpha value is -14.0. The van der Waals surface area contributed by atoms with E-state index in [0.29, 0.717) is 34.3 Å². The molecule has 20 rings (SSSR count). The lowest BCUT2D eigenvalue weighted by atomic mass is 9.85. The molecule has 0 radical (unpaired) electrons. The van der Waals surface area contributed by atoms with Gasteiger partial charge in [0.05, 0.1) is 66.6 Å². The average Bonchev–Trinajstić information content (AvgIpc) is 1.42. The Morgan fingerprint density at radius 2 is 0.528 bits per heavy atom. The first-order valence-corrected chi connectivity index (χ1v) is 36.1. The van der Waals surface area contributed by atoms with Crippen molar-refractivity contribution in [1.82, 2.24) is 33.2 Å². The smallest absolute Gasteiger partial charge is 0.166 e. The minimum Gasteiger partial charge on any atom is -0.309 e. The standard InChI is InChI=1S/C98H66N8/c1-60-33-47-85-76(53-60)77-54-61(2)34-48-86(77)103(85)72-43-37-66(38-44-72)91-82(59-99)94(105-83-31-19-17-29-74(83)80-57-70(41-51-89(80)105)64-21-9-5-10-22-64)93(98-101-96(68-25-13-7-14-26-68)100-97(102-98)69-27-15-8-16-28-69)92(67-39-45-73(46-40-67)104-87-49-35-62(3)55-78(87)79-56-63(4)36-50-88(79)104)95(91)106-84-32-20-18-30-75(84)81-58-71(42-52-90(81)106)65-23-11-6-12-24-65/h5-58H,1-4H3. The summed E-state index contributed by atoms with van der Waals surface area (Å²) in [5.41, 5.74) is 26.8. The Balaban J connectivity index is 0.992. The van der Waals surface area contributed by atoms with E-state index in [1.807, 2.05) is 36.4 Å². The molecule has 0 N–H and O–H groups in total. The van der Waals surface area contributed by atoms with Gasteiger partial charge >= 0.3 is 0 Å². The molecule has 8 heteroatoms. The third kappa shape index (κ3) is 9.93. The van der Waals surface area contributed by atoms with Crippen LogP contribution in [0.2, 0.25) is 0 Å². The largest absolute Gasteiger partial charge is 0.309 e. The van der Waals surface area contributed by atoms with Crippen LogP contribution in [-0.4, -0.2) is 33.2 Å². The SMILES string of the molecule is Cc1ccc2c(c1)c1cc(C)ccc1n2-c1ccc(-c2c(C#N)c(-n3c4ccccc4c4cc(-c5ccccc5)ccc43)c(-c3nc(-c4ccccc4)nc(-c4ccccc4)n3)c(-c3ccc(-n4c5ccc(C)cc5c5cc(C)ccc54)cc3)c2-n2c3ccccc3c3cc(-c4ccccc4)ccc32)cc1. The van der Waals surface area contributed by atoms with E-state index in [1.54, 1.807) is 0 Å². The molecule has 8 nitrogen and oxygen atoms in total. The second kappa shape index (κ2) is 24.6. The maximum Gasteiger partial charge on any atom is 0.166 e. The number of nitriles is 1. The molecule has 0 saturated carbocycles. The van der Waals surface area contributed by atoms with Crippen molar-refractivity contribution in [3.05, 3.63) is 355 Å². The topological polar surface area (TPSA) is 82.2 Å². The highest BCUT2D eigenvalue weighted by molar-refractivity contribution is 6.17. The van der Waals surface area contributed by atoms with Gasteiger partial charge < -0.3 is 18.3 Å². The summed E-state index contributed by atoms with van der Waals surface area (Å²) in [6.45, 7) is 8.67. The van der Waals surface area contributed by atoms with Crippen LogP contribution >= 0.6 is 0 Å². The third-order valence-electron chi connectivity index (χ3n) is 21.5. The molecule has 15 aromatic carbocycles. The fraction of sp³-hybridized carbons (Fsp3) is 0.0408. The van der Waals surface area contributed by atoms with E-state index < -0.39 is 0 Å². The maximum atomic E-state index is 13.3. The molecule has 0 aliphatic carbocycles. The fourth-order valence-corrected chi connectivity index (χ4v) is 16.6. The van der Waals surface area contributed by atoms with Crippen LogP contribution in [0, 0.1) is 39.0 Å². The highest BCUT2D eigenvalue weighted by Gasteiger charge is 2.35. The number of benzene rings is 15. The number of para-hydroxylation sites is 2. The summed E-state index contributed by atoms with van der Waals surface area (Å²) in [7, 11) is 0. The monoisotopic (exact) mass is 1350 g/mol. The molecule has 0 amide bonds. The van der Waals surface area contributed by atoms with Crippen molar-refractivity contribution < 1.29 is 0 Å². The summed E-state index contributed by atoms with van der Waals surface area (Å²) in [5.74, 6) is 1.37. The van der Waals surface area contributed by atoms with Gasteiger partial charge in [0.2, 0.25) is 0 Å². The van der Waals surface area contributed by atoms with E-state index in [9.17, 15) is 5.26 Å². The first-order valence-electron chi connectivity index (χ1n) is 36.1. The summed E-state index contributed by atoms with van der Waals surface area (Å²) in [6.07, 6.45) is 0. The molecule has 20 aromatic rings. The molecule has 106 heavy (non-hydrogen) atoms. The van der Waals surface area contributed by atoms with Crippen LogP contribution in [0.25, 0.3) is 189 Å². The zero-order valence-electron chi connectivity index (χ0n) is 58.8. The molecule has 0 aliphatic heterocycles. The van der Waals surface area contributed by atoms with Gasteiger partial charge in [-0.2, -0.15) is 5.26 Å². The van der Waals surface area contributed by atoms with Crippen LogP contribution in [0.1, 0.15) is 27.8 Å². The lowest BCUT2D eigenvalue weighted by Gasteiger charge is -2.27. The number of aromatic nitrogens is 7. The van der Waals surface area contributed by atoms with Crippen molar-refractivity contribution in [2.75, 3.05) is 0 Å². The van der Waals surface area contributed by atoms with Gasteiger partial charge in [-0.05, 0) is 170 Å². The predicted molar refractivity (Wildman–Crippen MR) is 439 cm³/mol. The Bertz CT molecular complexity index is 6840. The lowest BCUT2D eigenvalue weighted by molar-refractivity contribution is 1.06. The Morgan fingerprint density at radius 1 is 0.226 bits per heavy atom. The van der Waals surface area contributed by atoms with Gasteiger partial charge in [0.1, 0.15) is 6.07 Å². The first kappa shape index (κ1) is 61.8. The fourth-order valence-electron chi connectivity index (χ4n) is 16.6. The molecule has 498 valence electrons. The van der Waals surface area contributed by atoms with E-state index in [-0.39, 0.29) is 0 Å². The molecular formula is C98H66N8. The highest BCUT2D eigenvalue weighted by Crippen LogP contribution is 2.53. The normalized spacial score (nSPS) is 11.8. The van der Waals surface area contributed by atoms with Gasteiger partial charge in [-0.1, -0.05) is 241 Å². The van der Waals surface area contributed by atoms with E-state index in [4.69, 9.17) is 15.0 Å². The Labute approximate surface area is 612 Å². The quantitative estimate of drug-likeness (QED) is 0.129. The predicted octanol–water partition coefficient (Wildman–Crippen LogP) is 25.0. The van der Waals surface area contributed by atoms with Crippen LogP contribution in [0.15, 0.2) is 328 Å². The van der Waals surface area contributed by atoms with Crippen LogP contribution in [-0.2, 0) is 0 Å². The van der Waals surface area contributed by atoms with Crippen LogP contribution in [0.3, 0.4) is 0 Å². The van der Waals surface area contributed by atoms with Crippen LogP contribution in [0.4, 0.5) is 0 Å². The molecule has 0 atom stereocenters. The number of aryl methyl sites for hydroxylation is 4. The van der Waals surface area contributed by atoms with Gasteiger partial charge in [-0.15, -0.1) is 0 Å². The molecule has 0 aliphatic rings. The Kier molecular flexibility index (Phi) is 14.4. The van der Waals surface area contributed by atoms with Gasteiger partial charge in [0.25, 0.3) is 0 Å². The van der Waals surface area contributed by atoms with Gasteiger partial charge in [-0.3, -0.25) is 0 Å². The lowest BCUT2D eigenvalue weighted by Crippen LogP contribution is -2.12. The highest BCUT2D eigenvalue weighted by atomic mass is 15.1. The summed E-state index contributed by atoms with van der Waals surface area (Å²) < 4.78 is 9.55. The van der Waals surface area contributed by atoms with Crippen molar-refractivity contribution >= 4 is 87.2 Å². The van der Waals surface area contributed by atoms with Gasteiger partial charge in [0, 0.05) is 76.7 Å². The zero-order valence-corrected chi connectivity index (χ0v) is 58.8. The van der Waals surface area contributed by atoms with Gasteiger partial charge in [0.15, 0.2) is 17.5 Å². The van der Waals surface area contributed by atoms with Gasteiger partial charge in [-0.25, -0.2) is 15.0 Å². The van der Waals surface area contributed by atoms with Crippen molar-refractivity contribution in [3.8, 4) is 107 Å². The molecular weight excluding hydrogens is 1290 g/mol. The molecule has 0 spiro atoms. The molecule has 0 saturated heterocycles. The minimum atomic E-state index is 0.394. The number of nitrogens with zero attached hydrogens (tertiary/aromatic N) is 8. The van der Waals surface area contributed by atoms with E-state index >= 15 is 0 Å². The number of hydrogen-bond acceptors (Lipinski definition) is 4. The summed E-state index contributed by atoms with van der Waals surface area (Å²) in [4.78, 5) is 17.0. The number of hydrogen-bond donors (Lipinski definition) is 0. The Morgan fingerprint density at radius 3 is 0.925 bits per heavy atom. The van der Waals surface area contributed by atoms with Crippen molar-refractivity contribution in [2.45, 2.75) is 27.7 Å². The summed E-state index contributed by atoms with van der Waals surface area (Å²) in [6, 6.07) is 121. The van der Waals surface area contributed by atoms with Crippen LogP contribution < -0.4 is 0 Å². The molecule has 5 heterocycles. The molecule has 5 aromatic heterocycles. The second-order valence-electron chi connectivity index (χ2n) is 28.1. The minimum absolute atomic E-state index is 0.394.